The first-order valence-electron chi connectivity index (χ1n) is 8.17. The lowest BCUT2D eigenvalue weighted by Gasteiger charge is -2.24. The normalized spacial score (nSPS) is 10.4. The molecule has 2 aromatic carbocycles. The average molecular weight is 461 g/mol. The molecule has 0 fully saturated rings. The number of halogens is 1. The molecule has 3 aromatic rings. The summed E-state index contributed by atoms with van der Waals surface area (Å²) < 4.78 is 11.5. The van der Waals surface area contributed by atoms with Gasteiger partial charge in [0.2, 0.25) is 0 Å². The number of hydrogen-bond donors (Lipinski definition) is 0. The number of anilines is 1. The fourth-order valence-corrected chi connectivity index (χ4v) is 3.01. The van der Waals surface area contributed by atoms with E-state index in [4.69, 9.17) is 9.47 Å². The molecule has 134 valence electrons. The molecular formula is C20H20IN3O2. The Labute approximate surface area is 167 Å². The van der Waals surface area contributed by atoms with Gasteiger partial charge in [-0.3, -0.25) is 0 Å². The molecule has 0 atom stereocenters. The van der Waals surface area contributed by atoms with Crippen molar-refractivity contribution in [1.29, 1.82) is 0 Å². The van der Waals surface area contributed by atoms with E-state index in [9.17, 15) is 0 Å². The summed E-state index contributed by atoms with van der Waals surface area (Å²) in [4.78, 5) is 2.21. The van der Waals surface area contributed by atoms with Gasteiger partial charge in [0, 0.05) is 16.7 Å². The molecule has 3 rings (SSSR count). The lowest BCUT2D eigenvalue weighted by Crippen LogP contribution is -2.23. The van der Waals surface area contributed by atoms with Crippen molar-refractivity contribution in [2.45, 2.75) is 13.1 Å². The topological polar surface area (TPSA) is 47.5 Å². The van der Waals surface area contributed by atoms with Gasteiger partial charge in [0.05, 0.1) is 20.4 Å². The van der Waals surface area contributed by atoms with Gasteiger partial charge in [-0.1, -0.05) is 24.3 Å². The van der Waals surface area contributed by atoms with Crippen molar-refractivity contribution in [2.75, 3.05) is 19.1 Å². The fraction of sp³-hybridized carbons (Fsp3) is 0.200. The van der Waals surface area contributed by atoms with Crippen molar-refractivity contribution in [3.05, 3.63) is 75.5 Å². The zero-order chi connectivity index (χ0) is 18.4. The number of methoxy groups -OCH3 is 2. The molecule has 0 aliphatic carbocycles. The van der Waals surface area contributed by atoms with Gasteiger partial charge in [-0.2, -0.15) is 5.10 Å². The van der Waals surface area contributed by atoms with Crippen LogP contribution < -0.4 is 14.4 Å². The summed E-state index contributed by atoms with van der Waals surface area (Å²) in [6.07, 6.45) is 1.75. The zero-order valence-electron chi connectivity index (χ0n) is 14.7. The van der Waals surface area contributed by atoms with E-state index in [1.807, 2.05) is 30.3 Å². The van der Waals surface area contributed by atoms with Crippen LogP contribution in [0.3, 0.4) is 0 Å². The third kappa shape index (κ3) is 4.85. The summed E-state index contributed by atoms with van der Waals surface area (Å²) in [5.74, 6) is 2.55. The first kappa shape index (κ1) is 18.4. The van der Waals surface area contributed by atoms with Crippen LogP contribution in [0.2, 0.25) is 0 Å². The largest absolute Gasteiger partial charge is 0.497 e. The van der Waals surface area contributed by atoms with Gasteiger partial charge in [0.15, 0.2) is 5.82 Å². The summed E-state index contributed by atoms with van der Waals surface area (Å²) in [5.41, 5.74) is 2.36. The average Bonchev–Trinajstić information content (AvgIpc) is 2.68. The van der Waals surface area contributed by atoms with E-state index in [-0.39, 0.29) is 0 Å². The van der Waals surface area contributed by atoms with E-state index in [1.54, 1.807) is 20.4 Å². The molecule has 0 unspecified atom stereocenters. The molecule has 5 nitrogen and oxygen atoms in total. The lowest BCUT2D eigenvalue weighted by atomic mass is 10.1. The Morgan fingerprint density at radius 2 is 1.35 bits per heavy atom. The Morgan fingerprint density at radius 1 is 0.846 bits per heavy atom. The van der Waals surface area contributed by atoms with E-state index in [1.165, 1.54) is 11.1 Å². The van der Waals surface area contributed by atoms with Crippen LogP contribution in [0.4, 0.5) is 5.82 Å². The van der Waals surface area contributed by atoms with Gasteiger partial charge in [-0.25, -0.2) is 0 Å². The summed E-state index contributed by atoms with van der Waals surface area (Å²) >= 11 is 2.26. The van der Waals surface area contributed by atoms with Crippen LogP contribution in [0.5, 0.6) is 11.5 Å². The maximum atomic E-state index is 5.24. The van der Waals surface area contributed by atoms with E-state index >= 15 is 0 Å². The standard InChI is InChI=1S/C20H20IN3O2/c1-25-18-7-3-15(4-8-18)13-24(20-11-17(21)12-22-23-20)14-16-5-9-19(26-2)10-6-16/h3-12H,13-14H2,1-2H3. The summed E-state index contributed by atoms with van der Waals surface area (Å²) in [7, 11) is 3.35. The Kier molecular flexibility index (Phi) is 6.27. The molecule has 0 aliphatic heterocycles. The third-order valence-electron chi connectivity index (χ3n) is 4.00. The molecule has 0 aliphatic rings. The monoisotopic (exact) mass is 461 g/mol. The van der Waals surface area contributed by atoms with Crippen LogP contribution in [0.1, 0.15) is 11.1 Å². The first-order chi connectivity index (χ1) is 12.7. The Hall–Kier alpha value is -2.35. The van der Waals surface area contributed by atoms with Gasteiger partial charge in [0.25, 0.3) is 0 Å². The van der Waals surface area contributed by atoms with Crippen molar-refractivity contribution < 1.29 is 9.47 Å². The molecule has 26 heavy (non-hydrogen) atoms. The van der Waals surface area contributed by atoms with Crippen LogP contribution in [0.25, 0.3) is 0 Å². The summed E-state index contributed by atoms with van der Waals surface area (Å²) in [6, 6.07) is 18.2. The maximum Gasteiger partial charge on any atom is 0.152 e. The van der Waals surface area contributed by atoms with Gasteiger partial charge in [-0.05, 0) is 64.0 Å². The summed E-state index contributed by atoms with van der Waals surface area (Å²) in [5, 5.41) is 8.43. The molecule has 0 spiro atoms. The van der Waals surface area contributed by atoms with Crippen molar-refractivity contribution in [3.63, 3.8) is 0 Å². The van der Waals surface area contributed by atoms with Crippen molar-refractivity contribution in [3.8, 4) is 11.5 Å². The number of ether oxygens (including phenoxy) is 2. The van der Waals surface area contributed by atoms with Crippen LogP contribution >= 0.6 is 22.6 Å². The number of benzene rings is 2. The molecule has 0 N–H and O–H groups in total. The third-order valence-corrected chi connectivity index (χ3v) is 4.59. The van der Waals surface area contributed by atoms with Crippen molar-refractivity contribution in [1.82, 2.24) is 10.2 Å². The van der Waals surface area contributed by atoms with Crippen molar-refractivity contribution >= 4 is 28.4 Å². The van der Waals surface area contributed by atoms with Crippen LogP contribution in [-0.2, 0) is 13.1 Å². The highest BCUT2D eigenvalue weighted by atomic mass is 127. The highest BCUT2D eigenvalue weighted by Gasteiger charge is 2.11. The van der Waals surface area contributed by atoms with Gasteiger partial charge < -0.3 is 14.4 Å². The Morgan fingerprint density at radius 3 is 1.77 bits per heavy atom. The minimum atomic E-state index is 0.727. The predicted octanol–water partition coefficient (Wildman–Crippen LogP) is 4.31. The van der Waals surface area contributed by atoms with E-state index in [2.05, 4.69) is 62.0 Å². The molecule has 0 amide bonds. The predicted molar refractivity (Wildman–Crippen MR) is 111 cm³/mol. The Bertz CT molecular complexity index is 789. The molecule has 6 heteroatoms. The molecular weight excluding hydrogens is 441 g/mol. The second-order valence-corrected chi connectivity index (χ2v) is 7.03. The quantitative estimate of drug-likeness (QED) is 0.491. The fourth-order valence-electron chi connectivity index (χ4n) is 2.61. The van der Waals surface area contributed by atoms with E-state index in [0.29, 0.717) is 0 Å². The van der Waals surface area contributed by atoms with Gasteiger partial charge in [-0.15, -0.1) is 5.10 Å². The molecule has 0 saturated heterocycles. The smallest absolute Gasteiger partial charge is 0.152 e. The molecule has 1 heterocycles. The highest BCUT2D eigenvalue weighted by molar-refractivity contribution is 14.1. The lowest BCUT2D eigenvalue weighted by molar-refractivity contribution is 0.414. The first-order valence-corrected chi connectivity index (χ1v) is 9.25. The van der Waals surface area contributed by atoms with Crippen LogP contribution in [0, 0.1) is 3.57 Å². The number of aromatic nitrogens is 2. The molecule has 0 bridgehead atoms. The second-order valence-electron chi connectivity index (χ2n) is 5.78. The van der Waals surface area contributed by atoms with Crippen LogP contribution in [-0.4, -0.2) is 24.4 Å². The van der Waals surface area contributed by atoms with Gasteiger partial charge >= 0.3 is 0 Å². The maximum absolute atomic E-state index is 5.24. The zero-order valence-corrected chi connectivity index (χ0v) is 16.9. The Balaban J connectivity index is 1.84. The summed E-state index contributed by atoms with van der Waals surface area (Å²) in [6.45, 7) is 1.45. The number of nitrogens with zero attached hydrogens (tertiary/aromatic N) is 3. The molecule has 1 aromatic heterocycles. The molecule has 0 saturated carbocycles. The van der Waals surface area contributed by atoms with Crippen LogP contribution in [0.15, 0.2) is 60.8 Å². The van der Waals surface area contributed by atoms with Crippen molar-refractivity contribution in [2.24, 2.45) is 0 Å². The SMILES string of the molecule is COc1ccc(CN(Cc2ccc(OC)cc2)c2cc(I)cnn2)cc1. The van der Waals surface area contributed by atoms with E-state index in [0.717, 1.165) is 34.0 Å². The second kappa shape index (κ2) is 8.84. The van der Waals surface area contributed by atoms with Gasteiger partial charge in [0.1, 0.15) is 11.5 Å². The number of hydrogen-bond acceptors (Lipinski definition) is 5. The minimum Gasteiger partial charge on any atom is -0.497 e. The molecule has 0 radical (unpaired) electrons. The minimum absolute atomic E-state index is 0.727. The number of rotatable bonds is 7. The van der Waals surface area contributed by atoms with E-state index < -0.39 is 0 Å². The highest BCUT2D eigenvalue weighted by Crippen LogP contribution is 2.21.